The first-order chi connectivity index (χ1) is 12.6. The average molecular weight is 347 g/mol. The quantitative estimate of drug-likeness (QED) is 0.752. The zero-order valence-electron chi connectivity index (χ0n) is 15.1. The van der Waals surface area contributed by atoms with E-state index < -0.39 is 0 Å². The second-order valence-corrected chi connectivity index (χ2v) is 7.29. The number of ether oxygens (including phenoxy) is 1. The molecule has 4 heteroatoms. The van der Waals surface area contributed by atoms with Crippen molar-refractivity contribution < 1.29 is 4.74 Å². The van der Waals surface area contributed by atoms with Gasteiger partial charge in [0.1, 0.15) is 5.75 Å². The zero-order valence-corrected chi connectivity index (χ0v) is 15.1. The molecule has 4 N–H and O–H groups in total. The van der Waals surface area contributed by atoms with Crippen molar-refractivity contribution in [2.45, 2.75) is 37.3 Å². The van der Waals surface area contributed by atoms with Gasteiger partial charge in [0.2, 0.25) is 0 Å². The van der Waals surface area contributed by atoms with Gasteiger partial charge in [-0.25, -0.2) is 4.98 Å². The monoisotopic (exact) mass is 347 g/mol. The molecule has 3 aromatic rings. The van der Waals surface area contributed by atoms with E-state index in [-0.39, 0.29) is 11.6 Å². The predicted molar refractivity (Wildman–Crippen MR) is 106 cm³/mol. The Kier molecular flexibility index (Phi) is 4.39. The maximum Gasteiger partial charge on any atom is 0.118 e. The summed E-state index contributed by atoms with van der Waals surface area (Å²) in [4.78, 5) is 4.88. The number of methoxy groups -OCH3 is 1. The van der Waals surface area contributed by atoms with Crippen LogP contribution in [0.1, 0.15) is 31.2 Å². The third-order valence-electron chi connectivity index (χ3n) is 5.56. The molecule has 0 radical (unpaired) electrons. The summed E-state index contributed by atoms with van der Waals surface area (Å²) in [7, 11) is 1.67. The molecule has 2 aromatic carbocycles. The number of aromatic nitrogens is 1. The van der Waals surface area contributed by atoms with Crippen LogP contribution in [0.4, 0.5) is 0 Å². The molecule has 4 rings (SSSR count). The minimum Gasteiger partial charge on any atom is -0.497 e. The first-order valence-corrected chi connectivity index (χ1v) is 9.18. The lowest BCUT2D eigenvalue weighted by Gasteiger charge is -2.37. The van der Waals surface area contributed by atoms with Crippen LogP contribution < -0.4 is 16.2 Å². The Hall–Kier alpha value is -2.43. The molecule has 0 amide bonds. The van der Waals surface area contributed by atoms with E-state index in [1.165, 1.54) is 5.56 Å². The maximum absolute atomic E-state index is 6.90. The van der Waals surface area contributed by atoms with Crippen LogP contribution in [0, 0.1) is 0 Å². The number of hydrogen-bond acceptors (Lipinski definition) is 4. The van der Waals surface area contributed by atoms with Gasteiger partial charge < -0.3 is 16.2 Å². The van der Waals surface area contributed by atoms with Crippen LogP contribution in [-0.2, 0) is 5.54 Å². The minimum absolute atomic E-state index is 0.265. The van der Waals surface area contributed by atoms with Crippen LogP contribution in [0.2, 0.25) is 0 Å². The van der Waals surface area contributed by atoms with Crippen molar-refractivity contribution in [3.8, 4) is 17.0 Å². The largest absolute Gasteiger partial charge is 0.497 e. The van der Waals surface area contributed by atoms with Gasteiger partial charge in [-0.05, 0) is 67.6 Å². The number of benzene rings is 2. The van der Waals surface area contributed by atoms with Gasteiger partial charge in [0.25, 0.3) is 0 Å². The summed E-state index contributed by atoms with van der Waals surface area (Å²) >= 11 is 0. The van der Waals surface area contributed by atoms with Gasteiger partial charge in [-0.2, -0.15) is 0 Å². The Morgan fingerprint density at radius 3 is 2.42 bits per heavy atom. The van der Waals surface area contributed by atoms with E-state index in [9.17, 15) is 0 Å². The van der Waals surface area contributed by atoms with E-state index in [0.717, 1.165) is 53.6 Å². The smallest absolute Gasteiger partial charge is 0.118 e. The van der Waals surface area contributed by atoms with E-state index in [1.54, 1.807) is 7.11 Å². The van der Waals surface area contributed by atoms with Crippen LogP contribution in [0.3, 0.4) is 0 Å². The number of fused-ring (bicyclic) bond motifs is 1. The first kappa shape index (κ1) is 17.0. The molecule has 1 aromatic heterocycles. The third-order valence-corrected chi connectivity index (χ3v) is 5.56. The molecule has 1 aliphatic carbocycles. The summed E-state index contributed by atoms with van der Waals surface area (Å²) in [5.41, 5.74) is 16.8. The van der Waals surface area contributed by atoms with Gasteiger partial charge in [-0.15, -0.1) is 0 Å². The van der Waals surface area contributed by atoms with Gasteiger partial charge in [0.05, 0.1) is 18.3 Å². The topological polar surface area (TPSA) is 74.2 Å². The Bertz CT molecular complexity index is 912. The second-order valence-electron chi connectivity index (χ2n) is 7.29. The summed E-state index contributed by atoms with van der Waals surface area (Å²) < 4.78 is 5.27. The SMILES string of the molecule is COc1ccc(-c2cc(C3(N)CCC(N)CC3)c3ccccc3n2)cc1. The third kappa shape index (κ3) is 3.06. The van der Waals surface area contributed by atoms with Crippen molar-refractivity contribution in [2.75, 3.05) is 7.11 Å². The molecule has 1 aliphatic rings. The van der Waals surface area contributed by atoms with Crippen LogP contribution in [0.15, 0.2) is 54.6 Å². The highest BCUT2D eigenvalue weighted by Gasteiger charge is 2.34. The lowest BCUT2D eigenvalue weighted by molar-refractivity contribution is 0.279. The molecular formula is C22H25N3O. The number of nitrogens with zero attached hydrogens (tertiary/aromatic N) is 1. The number of rotatable bonds is 3. The van der Waals surface area contributed by atoms with Gasteiger partial charge >= 0.3 is 0 Å². The lowest BCUT2D eigenvalue weighted by atomic mass is 9.74. The van der Waals surface area contributed by atoms with E-state index in [4.69, 9.17) is 21.2 Å². The highest BCUT2D eigenvalue weighted by Crippen LogP contribution is 2.39. The number of hydrogen-bond donors (Lipinski definition) is 2. The molecule has 1 heterocycles. The standard InChI is InChI=1S/C22H25N3O/c1-26-17-8-6-15(7-9-17)21-14-19(18-4-2-3-5-20(18)25-21)22(24)12-10-16(23)11-13-22/h2-9,14,16H,10-13,23-24H2,1H3. The summed E-state index contributed by atoms with van der Waals surface area (Å²) in [5.74, 6) is 0.839. The summed E-state index contributed by atoms with van der Waals surface area (Å²) in [6.07, 6.45) is 3.74. The molecule has 1 saturated carbocycles. The van der Waals surface area contributed by atoms with E-state index in [1.807, 2.05) is 30.3 Å². The zero-order chi connectivity index (χ0) is 18.1. The predicted octanol–water partition coefficient (Wildman–Crippen LogP) is 3.97. The van der Waals surface area contributed by atoms with Gasteiger partial charge in [0, 0.05) is 22.5 Å². The molecule has 0 unspecified atom stereocenters. The number of pyridine rings is 1. The molecule has 0 aliphatic heterocycles. The van der Waals surface area contributed by atoms with Crippen molar-refractivity contribution in [2.24, 2.45) is 11.5 Å². The van der Waals surface area contributed by atoms with Gasteiger partial charge in [-0.1, -0.05) is 18.2 Å². The fourth-order valence-corrected chi connectivity index (χ4v) is 3.92. The molecule has 4 nitrogen and oxygen atoms in total. The van der Waals surface area contributed by atoms with E-state index in [2.05, 4.69) is 24.3 Å². The molecular weight excluding hydrogens is 322 g/mol. The molecule has 0 saturated heterocycles. The fourth-order valence-electron chi connectivity index (χ4n) is 3.92. The van der Waals surface area contributed by atoms with Crippen LogP contribution in [-0.4, -0.2) is 18.1 Å². The molecule has 0 bridgehead atoms. The van der Waals surface area contributed by atoms with Crippen LogP contribution >= 0.6 is 0 Å². The number of para-hydroxylation sites is 1. The summed E-state index contributed by atoms with van der Waals surface area (Å²) in [6.45, 7) is 0. The molecule has 0 spiro atoms. The highest BCUT2D eigenvalue weighted by atomic mass is 16.5. The lowest BCUT2D eigenvalue weighted by Crippen LogP contribution is -2.43. The average Bonchev–Trinajstić information content (AvgIpc) is 2.69. The van der Waals surface area contributed by atoms with Crippen molar-refractivity contribution in [1.82, 2.24) is 4.98 Å². The van der Waals surface area contributed by atoms with Crippen molar-refractivity contribution in [1.29, 1.82) is 0 Å². The van der Waals surface area contributed by atoms with Crippen molar-refractivity contribution in [3.63, 3.8) is 0 Å². The Morgan fingerprint density at radius 2 is 1.73 bits per heavy atom. The minimum atomic E-state index is -0.348. The highest BCUT2D eigenvalue weighted by molar-refractivity contribution is 5.86. The normalized spacial score (nSPS) is 23.1. The van der Waals surface area contributed by atoms with Crippen molar-refractivity contribution in [3.05, 3.63) is 60.2 Å². The van der Waals surface area contributed by atoms with Crippen LogP contribution in [0.5, 0.6) is 5.75 Å². The van der Waals surface area contributed by atoms with Gasteiger partial charge in [0.15, 0.2) is 0 Å². The van der Waals surface area contributed by atoms with E-state index >= 15 is 0 Å². The number of nitrogens with two attached hydrogens (primary N) is 2. The molecule has 1 fully saturated rings. The second kappa shape index (κ2) is 6.71. The molecule has 134 valence electrons. The molecule has 0 atom stereocenters. The molecule has 26 heavy (non-hydrogen) atoms. The maximum atomic E-state index is 6.90. The Labute approximate surface area is 154 Å². The fraction of sp³-hybridized carbons (Fsp3) is 0.318. The first-order valence-electron chi connectivity index (χ1n) is 9.18. The summed E-state index contributed by atoms with van der Waals surface area (Å²) in [5, 5.41) is 1.14. The van der Waals surface area contributed by atoms with E-state index in [0.29, 0.717) is 0 Å². The Morgan fingerprint density at radius 1 is 1.04 bits per heavy atom. The van der Waals surface area contributed by atoms with Crippen LogP contribution in [0.25, 0.3) is 22.2 Å². The van der Waals surface area contributed by atoms with Gasteiger partial charge in [-0.3, -0.25) is 0 Å². The summed E-state index contributed by atoms with van der Waals surface area (Å²) in [6, 6.07) is 18.7. The Balaban J connectivity index is 1.85. The van der Waals surface area contributed by atoms with Crippen molar-refractivity contribution >= 4 is 10.9 Å².